The average molecular weight is 608 g/mol. The van der Waals surface area contributed by atoms with Crippen molar-refractivity contribution >= 4 is 11.7 Å². The van der Waals surface area contributed by atoms with Crippen LogP contribution < -0.4 is 20.1 Å². The number of nitrogens with one attached hydrogen (secondary N) is 2. The number of pyridine rings is 1. The molecule has 1 amide bonds. The molecule has 3 aromatic heterocycles. The van der Waals surface area contributed by atoms with E-state index in [9.17, 15) is 13.6 Å². The smallest absolute Gasteiger partial charge is 0.407 e. The van der Waals surface area contributed by atoms with Crippen molar-refractivity contribution in [1.29, 1.82) is 0 Å². The summed E-state index contributed by atoms with van der Waals surface area (Å²) in [4.78, 5) is 25.6. The number of amides is 1. The number of rotatable bonds is 16. The molecule has 3 rings (SSSR count). The lowest BCUT2D eigenvalue weighted by Crippen LogP contribution is -2.40. The van der Waals surface area contributed by atoms with Crippen LogP contribution in [0.3, 0.4) is 0 Å². The fraction of sp³-hybridized carbons (Fsp3) is 0.621. The topological polar surface area (TPSA) is 134 Å². The zero-order valence-corrected chi connectivity index (χ0v) is 25.9. The van der Waals surface area contributed by atoms with Crippen LogP contribution in [0.2, 0.25) is 0 Å². The molecule has 0 fully saturated rings. The number of fused-ring (bicyclic) bond motifs is 1. The van der Waals surface area contributed by atoms with Crippen molar-refractivity contribution in [3.05, 3.63) is 30.4 Å². The highest BCUT2D eigenvalue weighted by atomic mass is 19.3. The van der Waals surface area contributed by atoms with Crippen LogP contribution in [0.4, 0.5) is 13.6 Å². The summed E-state index contributed by atoms with van der Waals surface area (Å²) < 4.78 is 50.9. The molecule has 0 aliphatic carbocycles. The van der Waals surface area contributed by atoms with Crippen molar-refractivity contribution in [3.63, 3.8) is 0 Å². The van der Waals surface area contributed by atoms with Crippen LogP contribution >= 0.6 is 0 Å². The van der Waals surface area contributed by atoms with Gasteiger partial charge in [0, 0.05) is 31.3 Å². The van der Waals surface area contributed by atoms with Gasteiger partial charge in [0.2, 0.25) is 17.4 Å². The Balaban J connectivity index is 1.63. The quantitative estimate of drug-likeness (QED) is 0.215. The van der Waals surface area contributed by atoms with E-state index in [1.165, 1.54) is 6.33 Å². The fourth-order valence-electron chi connectivity index (χ4n) is 4.22. The molecule has 238 valence electrons. The molecule has 0 aliphatic rings. The van der Waals surface area contributed by atoms with E-state index < -0.39 is 23.7 Å². The van der Waals surface area contributed by atoms with Crippen LogP contribution in [0, 0.1) is 0 Å². The summed E-state index contributed by atoms with van der Waals surface area (Å²) in [6.07, 6.45) is 4.27. The number of carbonyl (C=O) groups is 1. The minimum Gasteiger partial charge on any atom is -0.481 e. The van der Waals surface area contributed by atoms with Crippen LogP contribution in [0.1, 0.15) is 72.4 Å². The molecule has 2 N–H and O–H groups in total. The summed E-state index contributed by atoms with van der Waals surface area (Å²) in [6, 6.07) is 1.50. The van der Waals surface area contributed by atoms with Gasteiger partial charge in [-0.2, -0.15) is 5.10 Å². The molecule has 0 spiro atoms. The lowest BCUT2D eigenvalue weighted by molar-refractivity contribution is 0.00502. The van der Waals surface area contributed by atoms with Gasteiger partial charge >= 0.3 is 6.09 Å². The average Bonchev–Trinajstić information content (AvgIpc) is 3.40. The Morgan fingerprint density at radius 1 is 1.09 bits per heavy atom. The van der Waals surface area contributed by atoms with Crippen molar-refractivity contribution in [2.24, 2.45) is 0 Å². The normalized spacial score (nSPS) is 13.5. The summed E-state index contributed by atoms with van der Waals surface area (Å²) in [5, 5.41) is 10.3. The van der Waals surface area contributed by atoms with Gasteiger partial charge in [-0.25, -0.2) is 33.0 Å². The first-order chi connectivity index (χ1) is 20.3. The van der Waals surface area contributed by atoms with E-state index in [0.29, 0.717) is 29.2 Å². The lowest BCUT2D eigenvalue weighted by Gasteiger charge is -2.24. The summed E-state index contributed by atoms with van der Waals surface area (Å²) in [6.45, 7) is 11.5. The molecule has 12 nitrogen and oxygen atoms in total. The maximum absolute atomic E-state index is 13.5. The second kappa shape index (κ2) is 15.2. The fourth-order valence-corrected chi connectivity index (χ4v) is 4.22. The predicted molar refractivity (Wildman–Crippen MR) is 157 cm³/mol. The van der Waals surface area contributed by atoms with Crippen LogP contribution in [0.25, 0.3) is 16.9 Å². The van der Waals surface area contributed by atoms with E-state index in [2.05, 4.69) is 30.7 Å². The second-order valence-corrected chi connectivity index (χ2v) is 11.3. The van der Waals surface area contributed by atoms with Gasteiger partial charge in [0.1, 0.15) is 18.5 Å². The van der Waals surface area contributed by atoms with Gasteiger partial charge in [-0.3, -0.25) is 0 Å². The number of halogens is 2. The molecule has 0 radical (unpaired) electrons. The van der Waals surface area contributed by atoms with E-state index in [1.54, 1.807) is 44.8 Å². The van der Waals surface area contributed by atoms with Gasteiger partial charge in [0.05, 0.1) is 31.2 Å². The number of aromatic nitrogens is 5. The predicted octanol–water partition coefficient (Wildman–Crippen LogP) is 4.98. The van der Waals surface area contributed by atoms with Crippen molar-refractivity contribution in [1.82, 2.24) is 35.2 Å². The van der Waals surface area contributed by atoms with E-state index in [4.69, 9.17) is 18.9 Å². The van der Waals surface area contributed by atoms with Gasteiger partial charge in [0.15, 0.2) is 0 Å². The van der Waals surface area contributed by atoms with Crippen LogP contribution in [0.15, 0.2) is 24.8 Å². The maximum atomic E-state index is 13.5. The second-order valence-electron chi connectivity index (χ2n) is 11.3. The monoisotopic (exact) mass is 607 g/mol. The Morgan fingerprint density at radius 2 is 1.86 bits per heavy atom. The molecule has 0 aromatic carbocycles. The van der Waals surface area contributed by atoms with E-state index >= 15 is 0 Å². The number of hydrogen-bond acceptors (Lipinski definition) is 10. The standard InChI is InChI=1S/C29H43F2N7O5/c1-8-32-19(2)20-15-22(25(40-7)33-16-20)23-17-38-24(34-18-35-38)26(37-23)42-14-13-41-12-10-21(9-11-29(6,30)31)36-27(39)43-28(3,4)5/h15-19,21,32H,8-14H2,1-7H3,(H,36,39)/t19-,21?/m1/s1. The Morgan fingerprint density at radius 3 is 2.53 bits per heavy atom. The zero-order valence-electron chi connectivity index (χ0n) is 25.9. The molecule has 0 saturated heterocycles. The molecule has 3 aromatic rings. The largest absolute Gasteiger partial charge is 0.481 e. The van der Waals surface area contributed by atoms with E-state index in [1.807, 2.05) is 19.9 Å². The molecule has 0 bridgehead atoms. The first kappa shape index (κ1) is 33.8. The van der Waals surface area contributed by atoms with Crippen molar-refractivity contribution < 1.29 is 32.5 Å². The van der Waals surface area contributed by atoms with Crippen LogP contribution in [-0.4, -0.2) is 81.7 Å². The Labute approximate surface area is 250 Å². The summed E-state index contributed by atoms with van der Waals surface area (Å²) in [5.74, 6) is -2.19. The highest BCUT2D eigenvalue weighted by Gasteiger charge is 2.25. The van der Waals surface area contributed by atoms with Crippen LogP contribution in [0.5, 0.6) is 11.8 Å². The molecule has 43 heavy (non-hydrogen) atoms. The molecule has 0 saturated carbocycles. The molecule has 2 atom stereocenters. The summed E-state index contributed by atoms with van der Waals surface area (Å²) >= 11 is 0. The SMILES string of the molecule is CCN[C@H](C)c1cnc(OC)c(-c2cn3ncnc3c(OCCOCCC(CCC(C)(F)F)NC(=O)OC(C)(C)C)n2)c1. The Kier molecular flexibility index (Phi) is 12.0. The van der Waals surface area contributed by atoms with Gasteiger partial charge in [-0.1, -0.05) is 6.92 Å². The summed E-state index contributed by atoms with van der Waals surface area (Å²) in [5.41, 5.74) is 1.90. The number of nitrogens with zero attached hydrogens (tertiary/aromatic N) is 5. The molecule has 3 heterocycles. The molecule has 1 unspecified atom stereocenters. The number of methoxy groups -OCH3 is 1. The first-order valence-electron chi connectivity index (χ1n) is 14.4. The van der Waals surface area contributed by atoms with Gasteiger partial charge in [-0.15, -0.1) is 0 Å². The zero-order chi connectivity index (χ0) is 31.6. The third-order valence-electron chi connectivity index (χ3n) is 6.31. The highest BCUT2D eigenvalue weighted by molar-refractivity contribution is 5.68. The van der Waals surface area contributed by atoms with Crippen molar-refractivity contribution in [3.8, 4) is 23.0 Å². The maximum Gasteiger partial charge on any atom is 0.407 e. The van der Waals surface area contributed by atoms with Crippen molar-refractivity contribution in [2.45, 2.75) is 84.4 Å². The first-order valence-corrected chi connectivity index (χ1v) is 14.4. The molecular formula is C29H43F2N7O5. The minimum atomic E-state index is -2.84. The number of ether oxygens (including phenoxy) is 4. The Bertz CT molecular complexity index is 1330. The number of alkyl carbamates (subject to hydrolysis) is 1. The van der Waals surface area contributed by atoms with Gasteiger partial charge in [-0.05, 0) is 65.6 Å². The number of carbonyl (C=O) groups excluding carboxylic acids is 1. The minimum absolute atomic E-state index is 0.0718. The summed E-state index contributed by atoms with van der Waals surface area (Å²) in [7, 11) is 1.54. The molecule has 14 heteroatoms. The van der Waals surface area contributed by atoms with Crippen LogP contribution in [-0.2, 0) is 9.47 Å². The van der Waals surface area contributed by atoms with E-state index in [-0.39, 0.29) is 44.6 Å². The third-order valence-corrected chi connectivity index (χ3v) is 6.31. The van der Waals surface area contributed by atoms with E-state index in [0.717, 1.165) is 19.0 Å². The lowest BCUT2D eigenvalue weighted by atomic mass is 10.1. The molecule has 0 aliphatic heterocycles. The Hall–Kier alpha value is -3.65. The highest BCUT2D eigenvalue weighted by Crippen LogP contribution is 2.31. The number of alkyl halides is 2. The van der Waals surface area contributed by atoms with Crippen molar-refractivity contribution in [2.75, 3.05) is 33.5 Å². The number of hydrogen-bond donors (Lipinski definition) is 2. The van der Waals surface area contributed by atoms with Gasteiger partial charge in [0.25, 0.3) is 5.88 Å². The molecular weight excluding hydrogens is 564 g/mol. The third kappa shape index (κ3) is 10.8. The van der Waals surface area contributed by atoms with Gasteiger partial charge < -0.3 is 29.6 Å².